The third-order valence-electron chi connectivity index (χ3n) is 4.68. The Labute approximate surface area is 191 Å². The van der Waals surface area contributed by atoms with Crippen LogP contribution in [0.3, 0.4) is 0 Å². The summed E-state index contributed by atoms with van der Waals surface area (Å²) in [4.78, 5) is 12.4. The number of nitrogens with one attached hydrogen (secondary N) is 1. The molecule has 8 heteroatoms. The SMILES string of the molecule is C=CCn1c(COc2cc(C)ccc2C)nnc1SCC(=O)Nc1cccc(Cl)c1C. The average Bonchev–Trinajstić information content (AvgIpc) is 3.12. The van der Waals surface area contributed by atoms with Crippen LogP contribution in [0.4, 0.5) is 5.69 Å². The van der Waals surface area contributed by atoms with E-state index < -0.39 is 0 Å². The van der Waals surface area contributed by atoms with Gasteiger partial charge in [-0.15, -0.1) is 16.8 Å². The number of anilines is 1. The Morgan fingerprint density at radius 1 is 1.26 bits per heavy atom. The van der Waals surface area contributed by atoms with Gasteiger partial charge in [0.15, 0.2) is 11.0 Å². The highest BCUT2D eigenvalue weighted by atomic mass is 35.5. The summed E-state index contributed by atoms with van der Waals surface area (Å²) in [6.07, 6.45) is 1.77. The van der Waals surface area contributed by atoms with Crippen LogP contribution in [0, 0.1) is 20.8 Å². The number of thioether (sulfide) groups is 1. The van der Waals surface area contributed by atoms with E-state index in [-0.39, 0.29) is 18.3 Å². The highest BCUT2D eigenvalue weighted by Crippen LogP contribution is 2.25. The number of allylic oxidation sites excluding steroid dienone is 1. The van der Waals surface area contributed by atoms with Gasteiger partial charge in [0.25, 0.3) is 0 Å². The Morgan fingerprint density at radius 3 is 2.84 bits per heavy atom. The molecule has 1 N–H and O–H groups in total. The number of hydrogen-bond donors (Lipinski definition) is 1. The van der Waals surface area contributed by atoms with Crippen molar-refractivity contribution in [3.8, 4) is 5.75 Å². The van der Waals surface area contributed by atoms with Gasteiger partial charge in [0.05, 0.1) is 5.75 Å². The summed E-state index contributed by atoms with van der Waals surface area (Å²) in [5.74, 6) is 1.55. The zero-order valence-electron chi connectivity index (χ0n) is 17.8. The van der Waals surface area contributed by atoms with E-state index in [0.29, 0.717) is 28.2 Å². The molecule has 0 unspecified atom stereocenters. The van der Waals surface area contributed by atoms with E-state index in [0.717, 1.165) is 22.4 Å². The summed E-state index contributed by atoms with van der Waals surface area (Å²) in [6, 6.07) is 11.5. The lowest BCUT2D eigenvalue weighted by Gasteiger charge is -2.12. The van der Waals surface area contributed by atoms with Gasteiger partial charge in [-0.2, -0.15) is 0 Å². The molecule has 162 valence electrons. The molecule has 0 aliphatic heterocycles. The minimum atomic E-state index is -0.142. The molecule has 0 spiro atoms. The van der Waals surface area contributed by atoms with Crippen molar-refractivity contribution in [2.75, 3.05) is 11.1 Å². The first-order valence-electron chi connectivity index (χ1n) is 9.80. The Kier molecular flexibility index (Phi) is 7.76. The number of nitrogens with zero attached hydrogens (tertiary/aromatic N) is 3. The van der Waals surface area contributed by atoms with Crippen molar-refractivity contribution in [1.82, 2.24) is 14.8 Å². The summed E-state index contributed by atoms with van der Waals surface area (Å²) in [5.41, 5.74) is 3.73. The van der Waals surface area contributed by atoms with Gasteiger partial charge in [-0.25, -0.2) is 0 Å². The lowest BCUT2D eigenvalue weighted by Crippen LogP contribution is -2.15. The number of rotatable bonds is 9. The molecule has 0 atom stereocenters. The fourth-order valence-corrected chi connectivity index (χ4v) is 3.85. The molecule has 0 radical (unpaired) electrons. The van der Waals surface area contributed by atoms with Crippen LogP contribution in [0.5, 0.6) is 5.75 Å². The third kappa shape index (κ3) is 5.89. The molecule has 0 saturated carbocycles. The second-order valence-electron chi connectivity index (χ2n) is 7.10. The van der Waals surface area contributed by atoms with Gasteiger partial charge in [0.2, 0.25) is 5.91 Å². The van der Waals surface area contributed by atoms with Crippen LogP contribution < -0.4 is 10.1 Å². The molecule has 0 aliphatic rings. The number of aryl methyl sites for hydroxylation is 2. The summed E-state index contributed by atoms with van der Waals surface area (Å²) < 4.78 is 7.88. The first-order valence-corrected chi connectivity index (χ1v) is 11.2. The number of aromatic nitrogens is 3. The lowest BCUT2D eigenvalue weighted by atomic mass is 10.1. The van der Waals surface area contributed by atoms with E-state index in [2.05, 4.69) is 22.1 Å². The zero-order chi connectivity index (χ0) is 22.4. The van der Waals surface area contributed by atoms with E-state index in [1.165, 1.54) is 11.8 Å². The normalized spacial score (nSPS) is 10.7. The number of carbonyl (C=O) groups excluding carboxylic acids is 1. The molecule has 0 fully saturated rings. The number of benzene rings is 2. The van der Waals surface area contributed by atoms with Crippen molar-refractivity contribution in [3.05, 3.63) is 76.6 Å². The Balaban J connectivity index is 1.65. The fraction of sp³-hybridized carbons (Fsp3) is 0.261. The average molecular weight is 457 g/mol. The van der Waals surface area contributed by atoms with E-state index in [4.69, 9.17) is 16.3 Å². The number of amides is 1. The standard InChI is InChI=1S/C23H25ClN4O2S/c1-5-11-28-21(13-30-20-12-15(2)9-10-16(20)3)26-27-23(28)31-14-22(29)25-19-8-6-7-18(24)17(19)4/h5-10,12H,1,11,13-14H2,2-4H3,(H,25,29). The summed E-state index contributed by atoms with van der Waals surface area (Å²) in [5, 5.41) is 12.6. The Hall–Kier alpha value is -2.77. The molecule has 0 bridgehead atoms. The topological polar surface area (TPSA) is 69.0 Å². The highest BCUT2D eigenvalue weighted by molar-refractivity contribution is 7.99. The minimum Gasteiger partial charge on any atom is -0.485 e. The summed E-state index contributed by atoms with van der Waals surface area (Å²) in [6.45, 7) is 10.5. The maximum atomic E-state index is 12.4. The first-order chi connectivity index (χ1) is 14.9. The molecule has 0 aliphatic carbocycles. The van der Waals surface area contributed by atoms with Crippen LogP contribution in [0.1, 0.15) is 22.5 Å². The third-order valence-corrected chi connectivity index (χ3v) is 6.06. The molecule has 0 saturated heterocycles. The van der Waals surface area contributed by atoms with Crippen LogP contribution in [0.15, 0.2) is 54.2 Å². The molecule has 3 rings (SSSR count). The molecule has 6 nitrogen and oxygen atoms in total. The van der Waals surface area contributed by atoms with Gasteiger partial charge in [-0.05, 0) is 55.7 Å². The smallest absolute Gasteiger partial charge is 0.234 e. The van der Waals surface area contributed by atoms with E-state index >= 15 is 0 Å². The van der Waals surface area contributed by atoms with Gasteiger partial charge >= 0.3 is 0 Å². The lowest BCUT2D eigenvalue weighted by molar-refractivity contribution is -0.113. The quantitative estimate of drug-likeness (QED) is 0.347. The van der Waals surface area contributed by atoms with Crippen molar-refractivity contribution in [1.29, 1.82) is 0 Å². The van der Waals surface area contributed by atoms with Crippen LogP contribution in [-0.2, 0) is 17.9 Å². The maximum absolute atomic E-state index is 12.4. The Bertz CT molecular complexity index is 1100. The largest absolute Gasteiger partial charge is 0.485 e. The summed E-state index contributed by atoms with van der Waals surface area (Å²) >= 11 is 7.43. The molecule has 3 aromatic rings. The monoisotopic (exact) mass is 456 g/mol. The van der Waals surface area contributed by atoms with Crippen molar-refractivity contribution >= 4 is 35.0 Å². The van der Waals surface area contributed by atoms with Crippen LogP contribution in [0.25, 0.3) is 0 Å². The molecular weight excluding hydrogens is 432 g/mol. The van der Waals surface area contributed by atoms with Crippen LogP contribution in [-0.4, -0.2) is 26.4 Å². The summed E-state index contributed by atoms with van der Waals surface area (Å²) in [7, 11) is 0. The number of ether oxygens (including phenoxy) is 1. The van der Waals surface area contributed by atoms with Crippen molar-refractivity contribution in [2.45, 2.75) is 39.1 Å². The van der Waals surface area contributed by atoms with Gasteiger partial charge in [0, 0.05) is 17.3 Å². The predicted octanol–water partition coefficient (Wildman–Crippen LogP) is 5.35. The first kappa shape index (κ1) is 22.9. The van der Waals surface area contributed by atoms with Crippen LogP contribution in [0.2, 0.25) is 5.02 Å². The highest BCUT2D eigenvalue weighted by Gasteiger charge is 2.15. The predicted molar refractivity (Wildman–Crippen MR) is 126 cm³/mol. The molecular formula is C23H25ClN4O2S. The van der Waals surface area contributed by atoms with Gasteiger partial charge in [0.1, 0.15) is 12.4 Å². The van der Waals surface area contributed by atoms with Gasteiger partial charge < -0.3 is 10.1 Å². The van der Waals surface area contributed by atoms with Crippen molar-refractivity contribution in [2.24, 2.45) is 0 Å². The van der Waals surface area contributed by atoms with E-state index in [1.807, 2.05) is 49.6 Å². The second-order valence-corrected chi connectivity index (χ2v) is 8.45. The van der Waals surface area contributed by atoms with Crippen LogP contribution >= 0.6 is 23.4 Å². The van der Waals surface area contributed by atoms with Gasteiger partial charge in [-0.3, -0.25) is 9.36 Å². The molecule has 1 heterocycles. The molecule has 2 aromatic carbocycles. The second kappa shape index (κ2) is 10.5. The van der Waals surface area contributed by atoms with E-state index in [1.54, 1.807) is 18.2 Å². The fourth-order valence-electron chi connectivity index (χ4n) is 2.91. The van der Waals surface area contributed by atoms with E-state index in [9.17, 15) is 4.79 Å². The Morgan fingerprint density at radius 2 is 2.06 bits per heavy atom. The minimum absolute atomic E-state index is 0.142. The molecule has 31 heavy (non-hydrogen) atoms. The maximum Gasteiger partial charge on any atom is 0.234 e. The number of carbonyl (C=O) groups is 1. The number of hydrogen-bond acceptors (Lipinski definition) is 5. The number of halogens is 1. The molecule has 1 aromatic heterocycles. The van der Waals surface area contributed by atoms with Crippen molar-refractivity contribution in [3.63, 3.8) is 0 Å². The van der Waals surface area contributed by atoms with Crippen molar-refractivity contribution < 1.29 is 9.53 Å². The van der Waals surface area contributed by atoms with Gasteiger partial charge in [-0.1, -0.05) is 47.6 Å². The zero-order valence-corrected chi connectivity index (χ0v) is 19.4. The molecule has 1 amide bonds.